The number of urea groups is 1. The Kier molecular flexibility index (Phi) is 5.59. The van der Waals surface area contributed by atoms with Crippen LogP contribution in [0.25, 0.3) is 0 Å². The van der Waals surface area contributed by atoms with Gasteiger partial charge in [-0.1, -0.05) is 12.8 Å². The number of carboxylic acid groups (broad SMARTS) is 1. The van der Waals surface area contributed by atoms with E-state index in [1.807, 2.05) is 10.8 Å². The molecule has 0 spiro atoms. The third-order valence-electron chi connectivity index (χ3n) is 3.76. The standard InChI is InChI=1S/C14H22N4O3/c19-13(20)10-18(12-4-1-2-5-12)14(21)16-6-3-8-17-9-7-15-11-17/h7,9,11-12H,1-6,8,10H2,(H,16,21)(H,19,20). The Morgan fingerprint density at radius 3 is 2.76 bits per heavy atom. The van der Waals surface area contributed by atoms with Gasteiger partial charge in [-0.2, -0.15) is 0 Å². The summed E-state index contributed by atoms with van der Waals surface area (Å²) < 4.78 is 1.94. The Hall–Kier alpha value is -2.05. The first-order valence-electron chi connectivity index (χ1n) is 7.39. The topological polar surface area (TPSA) is 87.5 Å². The molecule has 0 aromatic carbocycles. The van der Waals surface area contributed by atoms with Crippen LogP contribution in [0.5, 0.6) is 0 Å². The summed E-state index contributed by atoms with van der Waals surface area (Å²) >= 11 is 0. The van der Waals surface area contributed by atoms with Crippen molar-refractivity contribution in [3.8, 4) is 0 Å². The van der Waals surface area contributed by atoms with Crippen molar-refractivity contribution in [2.24, 2.45) is 0 Å². The summed E-state index contributed by atoms with van der Waals surface area (Å²) in [6.07, 6.45) is 10.0. The highest BCUT2D eigenvalue weighted by molar-refractivity contribution is 5.80. The van der Waals surface area contributed by atoms with Gasteiger partial charge in [0.25, 0.3) is 0 Å². The van der Waals surface area contributed by atoms with Crippen molar-refractivity contribution in [2.45, 2.75) is 44.7 Å². The summed E-state index contributed by atoms with van der Waals surface area (Å²) in [6.45, 7) is 1.08. The van der Waals surface area contributed by atoms with Crippen LogP contribution >= 0.6 is 0 Å². The van der Waals surface area contributed by atoms with Crippen molar-refractivity contribution in [3.05, 3.63) is 18.7 Å². The Labute approximate surface area is 124 Å². The third kappa shape index (κ3) is 4.77. The number of rotatable bonds is 7. The van der Waals surface area contributed by atoms with Crippen LogP contribution in [-0.2, 0) is 11.3 Å². The minimum absolute atomic E-state index is 0.0646. The molecule has 1 fully saturated rings. The smallest absolute Gasteiger partial charge is 0.323 e. The SMILES string of the molecule is O=C(O)CN(C(=O)NCCCn1ccnc1)C1CCCC1. The molecule has 1 heterocycles. The van der Waals surface area contributed by atoms with E-state index in [0.717, 1.165) is 38.6 Å². The van der Waals surface area contributed by atoms with Crippen LogP contribution in [-0.4, -0.2) is 50.7 Å². The van der Waals surface area contributed by atoms with Gasteiger partial charge in [0.2, 0.25) is 0 Å². The van der Waals surface area contributed by atoms with Crippen LogP contribution in [0.1, 0.15) is 32.1 Å². The van der Waals surface area contributed by atoms with E-state index in [2.05, 4.69) is 10.3 Å². The van der Waals surface area contributed by atoms with Crippen molar-refractivity contribution >= 4 is 12.0 Å². The predicted octanol–water partition coefficient (Wildman–Crippen LogP) is 1.31. The van der Waals surface area contributed by atoms with Crippen molar-refractivity contribution in [2.75, 3.05) is 13.1 Å². The summed E-state index contributed by atoms with van der Waals surface area (Å²) in [5.74, 6) is -0.963. The maximum absolute atomic E-state index is 12.2. The van der Waals surface area contributed by atoms with E-state index in [4.69, 9.17) is 5.11 Å². The van der Waals surface area contributed by atoms with Gasteiger partial charge in [-0.05, 0) is 19.3 Å². The Balaban J connectivity index is 1.76. The Morgan fingerprint density at radius 1 is 1.38 bits per heavy atom. The molecule has 1 aliphatic carbocycles. The minimum Gasteiger partial charge on any atom is -0.480 e. The second-order valence-electron chi connectivity index (χ2n) is 5.35. The first kappa shape index (κ1) is 15.3. The molecule has 0 radical (unpaired) electrons. The molecule has 0 saturated heterocycles. The highest BCUT2D eigenvalue weighted by Crippen LogP contribution is 2.23. The molecule has 7 nitrogen and oxygen atoms in total. The second-order valence-corrected chi connectivity index (χ2v) is 5.35. The number of carbonyl (C=O) groups is 2. The molecule has 0 atom stereocenters. The van der Waals surface area contributed by atoms with Gasteiger partial charge in [0, 0.05) is 31.5 Å². The number of amides is 2. The molecule has 2 amide bonds. The van der Waals surface area contributed by atoms with Crippen LogP contribution < -0.4 is 5.32 Å². The first-order chi connectivity index (χ1) is 10.2. The van der Waals surface area contributed by atoms with Gasteiger partial charge in [-0.15, -0.1) is 0 Å². The zero-order valence-corrected chi connectivity index (χ0v) is 12.1. The lowest BCUT2D eigenvalue weighted by Gasteiger charge is -2.27. The number of imidazole rings is 1. The largest absolute Gasteiger partial charge is 0.480 e. The van der Waals surface area contributed by atoms with E-state index in [1.165, 1.54) is 4.90 Å². The number of carboxylic acids is 1. The fourth-order valence-electron chi connectivity index (χ4n) is 2.71. The zero-order chi connectivity index (χ0) is 15.1. The van der Waals surface area contributed by atoms with E-state index in [0.29, 0.717) is 6.54 Å². The van der Waals surface area contributed by atoms with Crippen LogP contribution in [0.2, 0.25) is 0 Å². The molecule has 0 unspecified atom stereocenters. The van der Waals surface area contributed by atoms with E-state index in [-0.39, 0.29) is 18.6 Å². The van der Waals surface area contributed by atoms with Gasteiger partial charge >= 0.3 is 12.0 Å². The molecule has 0 bridgehead atoms. The number of aromatic nitrogens is 2. The average Bonchev–Trinajstić information content (AvgIpc) is 3.13. The maximum Gasteiger partial charge on any atom is 0.323 e. The molecule has 0 aliphatic heterocycles. The number of aryl methyl sites for hydroxylation is 1. The fourth-order valence-corrected chi connectivity index (χ4v) is 2.71. The van der Waals surface area contributed by atoms with Crippen LogP contribution in [0, 0.1) is 0 Å². The average molecular weight is 294 g/mol. The zero-order valence-electron chi connectivity index (χ0n) is 12.1. The molecular weight excluding hydrogens is 272 g/mol. The lowest BCUT2D eigenvalue weighted by Crippen LogP contribution is -2.47. The summed E-state index contributed by atoms with van der Waals surface area (Å²) in [7, 11) is 0. The number of hydrogen-bond donors (Lipinski definition) is 2. The van der Waals surface area contributed by atoms with Crippen molar-refractivity contribution in [3.63, 3.8) is 0 Å². The number of hydrogen-bond acceptors (Lipinski definition) is 3. The lowest BCUT2D eigenvalue weighted by molar-refractivity contribution is -0.138. The van der Waals surface area contributed by atoms with Gasteiger partial charge in [-0.3, -0.25) is 4.79 Å². The van der Waals surface area contributed by atoms with Gasteiger partial charge in [-0.25, -0.2) is 9.78 Å². The maximum atomic E-state index is 12.2. The van der Waals surface area contributed by atoms with Crippen LogP contribution in [0.3, 0.4) is 0 Å². The van der Waals surface area contributed by atoms with Crippen LogP contribution in [0.15, 0.2) is 18.7 Å². The molecule has 2 rings (SSSR count). The highest BCUT2D eigenvalue weighted by atomic mass is 16.4. The van der Waals surface area contributed by atoms with Crippen molar-refractivity contribution in [1.82, 2.24) is 19.8 Å². The monoisotopic (exact) mass is 294 g/mol. The molecule has 21 heavy (non-hydrogen) atoms. The number of nitrogens with zero attached hydrogens (tertiary/aromatic N) is 3. The summed E-state index contributed by atoms with van der Waals surface area (Å²) in [4.78, 5) is 28.5. The lowest BCUT2D eigenvalue weighted by atomic mass is 10.2. The van der Waals surface area contributed by atoms with Crippen molar-refractivity contribution < 1.29 is 14.7 Å². The number of aliphatic carboxylic acids is 1. The molecule has 7 heteroatoms. The molecule has 1 aromatic heterocycles. The van der Waals surface area contributed by atoms with Gasteiger partial charge < -0.3 is 19.9 Å². The molecule has 116 valence electrons. The van der Waals surface area contributed by atoms with Gasteiger partial charge in [0.05, 0.1) is 6.33 Å². The number of carbonyl (C=O) groups excluding carboxylic acids is 1. The van der Waals surface area contributed by atoms with E-state index < -0.39 is 5.97 Å². The molecule has 1 saturated carbocycles. The second kappa shape index (κ2) is 7.66. The first-order valence-corrected chi connectivity index (χ1v) is 7.39. The number of nitrogens with one attached hydrogen (secondary N) is 1. The van der Waals surface area contributed by atoms with E-state index >= 15 is 0 Å². The molecule has 1 aromatic rings. The minimum atomic E-state index is -0.963. The third-order valence-corrected chi connectivity index (χ3v) is 3.76. The summed E-state index contributed by atoms with van der Waals surface area (Å²) in [6, 6.07) is -0.204. The summed E-state index contributed by atoms with van der Waals surface area (Å²) in [5.41, 5.74) is 0. The Bertz CT molecular complexity index is 455. The summed E-state index contributed by atoms with van der Waals surface area (Å²) in [5, 5.41) is 11.8. The molecular formula is C14H22N4O3. The Morgan fingerprint density at radius 2 is 2.14 bits per heavy atom. The predicted molar refractivity (Wildman–Crippen MR) is 76.8 cm³/mol. The molecule has 2 N–H and O–H groups in total. The van der Waals surface area contributed by atoms with Crippen molar-refractivity contribution in [1.29, 1.82) is 0 Å². The molecule has 1 aliphatic rings. The van der Waals surface area contributed by atoms with E-state index in [9.17, 15) is 9.59 Å². The quantitative estimate of drug-likeness (QED) is 0.742. The van der Waals surface area contributed by atoms with E-state index in [1.54, 1.807) is 12.5 Å². The van der Waals surface area contributed by atoms with Crippen LogP contribution in [0.4, 0.5) is 4.79 Å². The highest BCUT2D eigenvalue weighted by Gasteiger charge is 2.27. The normalized spacial score (nSPS) is 15.0. The van der Waals surface area contributed by atoms with Gasteiger partial charge in [0.1, 0.15) is 6.54 Å². The fraction of sp³-hybridized carbons (Fsp3) is 0.643. The van der Waals surface area contributed by atoms with Gasteiger partial charge in [0.15, 0.2) is 0 Å².